The van der Waals surface area contributed by atoms with Crippen LogP contribution in [-0.4, -0.2) is 60.7 Å². The second-order valence-electron chi connectivity index (χ2n) is 7.00. The molecule has 2 heterocycles. The van der Waals surface area contributed by atoms with Crippen LogP contribution in [0.5, 0.6) is 5.75 Å². The fraction of sp³-hybridized carbons (Fsp3) is 0.409. The number of benzene rings is 1. The Labute approximate surface area is 171 Å². The highest BCUT2D eigenvalue weighted by molar-refractivity contribution is 5.88. The third-order valence-electron chi connectivity index (χ3n) is 4.90. The number of nitrogens with zero attached hydrogens (tertiary/aromatic N) is 2. The van der Waals surface area contributed by atoms with Crippen molar-refractivity contribution in [3.8, 4) is 5.75 Å². The summed E-state index contributed by atoms with van der Waals surface area (Å²) in [5.41, 5.74) is 1.10. The summed E-state index contributed by atoms with van der Waals surface area (Å²) in [5.74, 6) is 0.417. The molecule has 0 unspecified atom stereocenters. The Morgan fingerprint density at radius 2 is 2.03 bits per heavy atom. The van der Waals surface area contributed by atoms with Crippen LogP contribution in [-0.2, 0) is 20.7 Å². The smallest absolute Gasteiger partial charge is 0.243 e. The van der Waals surface area contributed by atoms with Crippen LogP contribution >= 0.6 is 0 Å². The summed E-state index contributed by atoms with van der Waals surface area (Å²) in [6.07, 6.45) is 4.50. The van der Waals surface area contributed by atoms with Gasteiger partial charge < -0.3 is 19.7 Å². The Morgan fingerprint density at radius 1 is 1.21 bits per heavy atom. The van der Waals surface area contributed by atoms with Crippen LogP contribution in [0.4, 0.5) is 0 Å². The second-order valence-corrected chi connectivity index (χ2v) is 7.00. The van der Waals surface area contributed by atoms with Crippen molar-refractivity contribution in [1.29, 1.82) is 0 Å². The number of hydrogen-bond acceptors (Lipinski definition) is 5. The number of carbonyl (C=O) groups is 2. The predicted molar refractivity (Wildman–Crippen MR) is 108 cm³/mol. The average Bonchev–Trinajstić information content (AvgIpc) is 3.17. The molecule has 0 saturated carbocycles. The summed E-state index contributed by atoms with van der Waals surface area (Å²) in [5, 5.41) is 2.84. The molecule has 7 heteroatoms. The van der Waals surface area contributed by atoms with Crippen LogP contribution in [0.25, 0.3) is 0 Å². The number of hydrogen-bond donors (Lipinski definition) is 1. The molecule has 0 bridgehead atoms. The van der Waals surface area contributed by atoms with Crippen molar-refractivity contribution in [3.05, 3.63) is 60.4 Å². The molecular formula is C22H27N3O4. The summed E-state index contributed by atoms with van der Waals surface area (Å²) >= 11 is 0. The summed E-state index contributed by atoms with van der Waals surface area (Å²) in [4.78, 5) is 31.3. The van der Waals surface area contributed by atoms with Crippen LogP contribution in [0.15, 0.2) is 54.9 Å². The molecule has 1 aromatic carbocycles. The lowest BCUT2D eigenvalue weighted by molar-refractivity contribution is -0.138. The van der Waals surface area contributed by atoms with Crippen LogP contribution in [0.3, 0.4) is 0 Å². The highest BCUT2D eigenvalue weighted by atomic mass is 16.5. The maximum absolute atomic E-state index is 12.9. The Hall–Kier alpha value is -2.93. The third-order valence-corrected chi connectivity index (χ3v) is 4.90. The van der Waals surface area contributed by atoms with E-state index < -0.39 is 6.04 Å². The van der Waals surface area contributed by atoms with Crippen molar-refractivity contribution in [1.82, 2.24) is 15.2 Å². The van der Waals surface area contributed by atoms with Gasteiger partial charge in [0.25, 0.3) is 0 Å². The summed E-state index contributed by atoms with van der Waals surface area (Å²) in [6, 6.07) is 12.9. The van der Waals surface area contributed by atoms with Gasteiger partial charge in [-0.1, -0.05) is 30.3 Å². The van der Waals surface area contributed by atoms with Gasteiger partial charge in [0.05, 0.1) is 19.3 Å². The number of aromatic nitrogens is 1. The number of aryl methyl sites for hydroxylation is 1. The molecule has 3 rings (SSSR count). The standard InChI is InChI=1S/C22H27N3O4/c1-28-13-12-24-22(27)20-14-19(29-18-8-5-11-23-15-18)16-25(20)21(26)10-9-17-6-3-2-4-7-17/h2-8,11,15,19-20H,9-10,12-14,16H2,1H3,(H,24,27)/t19-,20-/m0/s1. The highest BCUT2D eigenvalue weighted by Crippen LogP contribution is 2.24. The Balaban J connectivity index is 1.64. The molecule has 2 atom stereocenters. The molecule has 0 spiro atoms. The molecule has 7 nitrogen and oxygen atoms in total. The molecular weight excluding hydrogens is 370 g/mol. The van der Waals surface area contributed by atoms with E-state index in [2.05, 4.69) is 10.3 Å². The van der Waals surface area contributed by atoms with Gasteiger partial charge in [0.2, 0.25) is 11.8 Å². The maximum Gasteiger partial charge on any atom is 0.243 e. The first-order valence-electron chi connectivity index (χ1n) is 9.84. The van der Waals surface area contributed by atoms with E-state index in [0.29, 0.717) is 44.7 Å². The summed E-state index contributed by atoms with van der Waals surface area (Å²) < 4.78 is 11.0. The van der Waals surface area contributed by atoms with E-state index in [1.54, 1.807) is 30.5 Å². The van der Waals surface area contributed by atoms with Gasteiger partial charge in [0, 0.05) is 32.7 Å². The van der Waals surface area contributed by atoms with Gasteiger partial charge >= 0.3 is 0 Å². The molecule has 2 aromatic rings. The maximum atomic E-state index is 12.9. The van der Waals surface area contributed by atoms with Crippen molar-refractivity contribution < 1.29 is 19.1 Å². The SMILES string of the molecule is COCCNC(=O)[C@@H]1C[C@H](Oc2cccnc2)CN1C(=O)CCc1ccccc1. The second kappa shape index (κ2) is 10.6. The Bertz CT molecular complexity index is 785. The molecule has 154 valence electrons. The van der Waals surface area contributed by atoms with E-state index in [4.69, 9.17) is 9.47 Å². The van der Waals surface area contributed by atoms with Crippen LogP contribution in [0.1, 0.15) is 18.4 Å². The van der Waals surface area contributed by atoms with Gasteiger partial charge in [-0.25, -0.2) is 0 Å². The molecule has 1 aliphatic heterocycles. The van der Waals surface area contributed by atoms with Crippen LogP contribution in [0, 0.1) is 0 Å². The zero-order valence-electron chi connectivity index (χ0n) is 16.6. The third kappa shape index (κ3) is 6.02. The number of nitrogens with one attached hydrogen (secondary N) is 1. The van der Waals surface area contributed by atoms with Crippen LogP contribution < -0.4 is 10.1 Å². The molecule has 1 fully saturated rings. The average molecular weight is 397 g/mol. The van der Waals surface area contributed by atoms with E-state index in [0.717, 1.165) is 5.56 Å². The van der Waals surface area contributed by atoms with Gasteiger partial charge in [0.1, 0.15) is 17.9 Å². The largest absolute Gasteiger partial charge is 0.487 e. The van der Waals surface area contributed by atoms with Gasteiger partial charge in [-0.15, -0.1) is 0 Å². The van der Waals surface area contributed by atoms with Gasteiger partial charge in [-0.3, -0.25) is 14.6 Å². The Kier molecular flexibility index (Phi) is 7.58. The zero-order valence-corrected chi connectivity index (χ0v) is 16.6. The van der Waals surface area contributed by atoms with Gasteiger partial charge in [0.15, 0.2) is 0 Å². The van der Waals surface area contributed by atoms with Crippen LogP contribution in [0.2, 0.25) is 0 Å². The van der Waals surface area contributed by atoms with Crippen molar-refractivity contribution >= 4 is 11.8 Å². The molecule has 0 radical (unpaired) electrons. The highest BCUT2D eigenvalue weighted by Gasteiger charge is 2.40. The van der Waals surface area contributed by atoms with Crippen molar-refractivity contribution in [2.24, 2.45) is 0 Å². The Morgan fingerprint density at radius 3 is 2.76 bits per heavy atom. The molecule has 29 heavy (non-hydrogen) atoms. The number of carbonyl (C=O) groups excluding carboxylic acids is 2. The minimum absolute atomic E-state index is 0.0435. The zero-order chi connectivity index (χ0) is 20.5. The van der Waals surface area contributed by atoms with Gasteiger partial charge in [-0.05, 0) is 24.1 Å². The number of likely N-dealkylation sites (tertiary alicyclic amines) is 1. The quantitative estimate of drug-likeness (QED) is 0.653. The number of ether oxygens (including phenoxy) is 2. The molecule has 2 amide bonds. The number of pyridine rings is 1. The normalized spacial score (nSPS) is 18.4. The van der Waals surface area contributed by atoms with Crippen molar-refractivity contribution in [2.75, 3.05) is 26.8 Å². The predicted octanol–water partition coefficient (Wildman–Crippen LogP) is 1.83. The lowest BCUT2D eigenvalue weighted by atomic mass is 10.1. The number of amides is 2. The molecule has 1 aromatic heterocycles. The number of methoxy groups -OCH3 is 1. The summed E-state index contributed by atoms with van der Waals surface area (Å²) in [7, 11) is 1.58. The molecule has 1 saturated heterocycles. The lowest BCUT2D eigenvalue weighted by Gasteiger charge is -2.23. The van der Waals surface area contributed by atoms with Crippen molar-refractivity contribution in [3.63, 3.8) is 0 Å². The lowest BCUT2D eigenvalue weighted by Crippen LogP contribution is -2.46. The van der Waals surface area contributed by atoms with E-state index >= 15 is 0 Å². The van der Waals surface area contributed by atoms with E-state index in [1.807, 2.05) is 36.4 Å². The number of rotatable bonds is 9. The topological polar surface area (TPSA) is 80.8 Å². The fourth-order valence-electron chi connectivity index (χ4n) is 3.45. The first-order chi connectivity index (χ1) is 14.2. The van der Waals surface area contributed by atoms with E-state index in [9.17, 15) is 9.59 Å². The summed E-state index contributed by atoms with van der Waals surface area (Å²) in [6.45, 7) is 1.22. The molecule has 1 N–H and O–H groups in total. The first kappa shape index (κ1) is 20.8. The van der Waals surface area contributed by atoms with Crippen molar-refractivity contribution in [2.45, 2.75) is 31.4 Å². The van der Waals surface area contributed by atoms with Gasteiger partial charge in [-0.2, -0.15) is 0 Å². The first-order valence-corrected chi connectivity index (χ1v) is 9.84. The fourth-order valence-corrected chi connectivity index (χ4v) is 3.45. The monoisotopic (exact) mass is 397 g/mol. The molecule has 0 aliphatic carbocycles. The van der Waals surface area contributed by atoms with E-state index in [-0.39, 0.29) is 17.9 Å². The minimum Gasteiger partial charge on any atom is -0.487 e. The minimum atomic E-state index is -0.545. The van der Waals surface area contributed by atoms with E-state index in [1.165, 1.54) is 0 Å². The molecule has 1 aliphatic rings.